The van der Waals surface area contributed by atoms with Crippen LogP contribution in [0.15, 0.2) is 76.1 Å². The molecule has 2 nitrogen and oxygen atoms in total. The van der Waals surface area contributed by atoms with Gasteiger partial charge in [0.05, 0.1) is 47.1 Å². The Morgan fingerprint density at radius 2 is 1.28 bits per heavy atom. The van der Waals surface area contributed by atoms with Gasteiger partial charge in [-0.15, -0.1) is 0 Å². The van der Waals surface area contributed by atoms with Crippen LogP contribution in [0.3, 0.4) is 0 Å². The number of fused-ring (bicyclic) bond motifs is 3. The first-order valence-electron chi connectivity index (χ1n) is 10.4. The number of hydrogen-bond acceptors (Lipinski definition) is 1. The lowest BCUT2D eigenvalue weighted by atomic mass is 9.70. The first-order chi connectivity index (χ1) is 13.7. The molecule has 3 saturated heterocycles. The highest BCUT2D eigenvalue weighted by atomic mass is 79.9. The number of piperidine rings is 3. The highest BCUT2D eigenvalue weighted by Gasteiger charge is 2.71. The van der Waals surface area contributed by atoms with Crippen molar-refractivity contribution >= 4 is 20.9 Å². The molecule has 0 atom stereocenters. The quantitative estimate of drug-likeness (QED) is 0.415. The van der Waals surface area contributed by atoms with Crippen LogP contribution in [0.2, 0.25) is 0 Å². The van der Waals surface area contributed by atoms with E-state index < -0.39 is 4.27 Å². The maximum atomic E-state index is 12.3. The first-order valence-corrected chi connectivity index (χ1v) is 13.1. The van der Waals surface area contributed by atoms with E-state index in [-0.39, 0.29) is 43.3 Å². The smallest absolute Gasteiger partial charge is 0.429 e. The number of nitrogens with zero attached hydrogens (tertiary/aromatic N) is 1. The molecule has 1 aromatic carbocycles. The van der Waals surface area contributed by atoms with Crippen molar-refractivity contribution in [1.29, 1.82) is 0 Å². The highest BCUT2D eigenvalue weighted by molar-refractivity contribution is 7.48. The summed E-state index contributed by atoms with van der Waals surface area (Å²) in [6.07, 6.45) is 4.65. The van der Waals surface area contributed by atoms with Crippen LogP contribution in [0.5, 0.6) is 0 Å². The van der Waals surface area contributed by atoms with Crippen molar-refractivity contribution in [2.45, 2.75) is 29.9 Å². The molecule has 0 spiro atoms. The minimum absolute atomic E-state index is 0. The van der Waals surface area contributed by atoms with Gasteiger partial charge in [-0.3, -0.25) is 5.11 Å². The molecule has 3 aliphatic heterocycles. The van der Waals surface area contributed by atoms with Crippen molar-refractivity contribution in [3.05, 3.63) is 81.7 Å². The van der Waals surface area contributed by atoms with Gasteiger partial charge in [-0.1, -0.05) is 30.3 Å². The Kier molecular flexibility index (Phi) is 6.07. The van der Waals surface area contributed by atoms with E-state index in [9.17, 15) is 5.11 Å². The first kappa shape index (κ1) is 21.3. The van der Waals surface area contributed by atoms with Crippen LogP contribution in [0.4, 0.5) is 0 Å². The van der Waals surface area contributed by atoms with Crippen LogP contribution in [0, 0.1) is 5.41 Å². The van der Waals surface area contributed by atoms with E-state index in [1.807, 2.05) is 0 Å². The summed E-state index contributed by atoms with van der Waals surface area (Å²) in [6, 6.07) is 19.4. The van der Waals surface area contributed by atoms with Crippen molar-refractivity contribution < 1.29 is 26.6 Å². The van der Waals surface area contributed by atoms with Crippen molar-refractivity contribution in [3.63, 3.8) is 0 Å². The largest absolute Gasteiger partial charge is 1.00 e. The Morgan fingerprint density at radius 1 is 0.793 bits per heavy atom. The molecular weight excluding hydrogens is 462 g/mol. The molecule has 5 heteroatoms. The summed E-state index contributed by atoms with van der Waals surface area (Å²) in [6.45, 7) is 4.93. The molecule has 3 aromatic rings. The molecule has 3 fully saturated rings. The summed E-state index contributed by atoms with van der Waals surface area (Å²) < 4.78 is 0.613. The zero-order valence-electron chi connectivity index (χ0n) is 16.8. The van der Waals surface area contributed by atoms with Crippen molar-refractivity contribution in [2.24, 2.45) is 5.41 Å². The van der Waals surface area contributed by atoms with Gasteiger partial charge >= 0.3 is 4.27 Å². The second kappa shape index (κ2) is 8.27. The van der Waals surface area contributed by atoms with E-state index in [1.165, 1.54) is 42.6 Å². The van der Waals surface area contributed by atoms with Gasteiger partial charge in [0.1, 0.15) is 26.9 Å². The second-order valence-electron chi connectivity index (χ2n) is 8.64. The van der Waals surface area contributed by atoms with Gasteiger partial charge in [0.2, 0.25) is 0 Å². The van der Waals surface area contributed by atoms with E-state index in [1.54, 1.807) is 0 Å². The van der Waals surface area contributed by atoms with Gasteiger partial charge < -0.3 is 21.5 Å². The average Bonchev–Trinajstić information content (AvgIpc) is 3.48. The summed E-state index contributed by atoms with van der Waals surface area (Å²) in [7, 11) is -0.365. The summed E-state index contributed by atoms with van der Waals surface area (Å²) >= 11 is 0. The zero-order chi connectivity index (χ0) is 19.1. The van der Waals surface area contributed by atoms with Crippen molar-refractivity contribution in [3.8, 4) is 0 Å². The van der Waals surface area contributed by atoms with Gasteiger partial charge in [0, 0.05) is 25.7 Å². The lowest BCUT2D eigenvalue weighted by molar-refractivity contribution is -0.945. The van der Waals surface area contributed by atoms with Crippen LogP contribution in [-0.4, -0.2) is 35.8 Å². The molecule has 0 saturated carbocycles. The fourth-order valence-corrected chi connectivity index (χ4v) is 10.6. The molecule has 6 rings (SSSR count). The molecular formula is C24H30BrNOS2+2. The van der Waals surface area contributed by atoms with Crippen molar-refractivity contribution in [2.75, 3.05) is 26.2 Å². The predicted molar refractivity (Wildman–Crippen MR) is 120 cm³/mol. The van der Waals surface area contributed by atoms with Crippen LogP contribution < -0.4 is 17.0 Å². The Hall–Kier alpha value is -0.980. The van der Waals surface area contributed by atoms with Gasteiger partial charge in [-0.2, -0.15) is 0 Å². The van der Waals surface area contributed by atoms with E-state index in [0.29, 0.717) is 0 Å². The minimum Gasteiger partial charge on any atom is -1.00 e. The molecule has 2 bridgehead atoms. The monoisotopic (exact) mass is 491 g/mol. The Balaban J connectivity index is 0.00000205. The average molecular weight is 493 g/mol. The molecule has 5 heterocycles. The molecule has 1 N–H and O–H groups in total. The predicted octanol–water partition coefficient (Wildman–Crippen LogP) is 2.58. The Morgan fingerprint density at radius 3 is 1.76 bits per heavy atom. The highest BCUT2D eigenvalue weighted by Crippen LogP contribution is 2.65. The van der Waals surface area contributed by atoms with E-state index in [4.69, 9.17) is 0 Å². The fourth-order valence-electron chi connectivity index (χ4n) is 5.47. The van der Waals surface area contributed by atoms with E-state index in [0.717, 1.165) is 19.3 Å². The maximum absolute atomic E-state index is 12.3. The SMILES string of the molecule is OC([s+]1cccc1)([s+]1cccc1)C12CC[N+](CCc3ccccc3)(CC1)CC2.[Br-]. The summed E-state index contributed by atoms with van der Waals surface area (Å²) in [4.78, 5) is 0. The molecule has 2 aromatic heterocycles. The van der Waals surface area contributed by atoms with E-state index in [2.05, 4.69) is 76.1 Å². The third-order valence-corrected chi connectivity index (χ3v) is 12.4. The topological polar surface area (TPSA) is 20.2 Å². The number of aliphatic hydroxyl groups is 1. The van der Waals surface area contributed by atoms with Crippen molar-refractivity contribution in [1.82, 2.24) is 0 Å². The molecule has 0 aliphatic carbocycles. The molecule has 0 radical (unpaired) electrons. The lowest BCUT2D eigenvalue weighted by Crippen LogP contribution is -3.00. The normalized spacial score (nSPS) is 26.2. The molecule has 154 valence electrons. The lowest BCUT2D eigenvalue weighted by Gasteiger charge is -2.55. The van der Waals surface area contributed by atoms with Crippen LogP contribution >= 0.6 is 20.9 Å². The van der Waals surface area contributed by atoms with Gasteiger partial charge in [0.15, 0.2) is 0 Å². The molecule has 29 heavy (non-hydrogen) atoms. The standard InChI is InChI=1S/C24H30NOS2.BrH/c26-24(27-18-4-5-19-27,28-20-6-7-21-28)23-11-15-25(16-12-23,17-13-23)14-10-22-8-2-1-3-9-22;/h1-9,18-21,26H,10-17H2;1H/q+3;/p-1. The van der Waals surface area contributed by atoms with Crippen LogP contribution in [0.1, 0.15) is 24.8 Å². The minimum atomic E-state index is -0.643. The summed E-state index contributed by atoms with van der Waals surface area (Å²) in [5, 5.41) is 21.3. The zero-order valence-corrected chi connectivity index (χ0v) is 20.0. The van der Waals surface area contributed by atoms with Crippen LogP contribution in [0.25, 0.3) is 0 Å². The van der Waals surface area contributed by atoms with Gasteiger partial charge in [-0.05, 0) is 29.8 Å². The molecule has 0 unspecified atom stereocenters. The maximum Gasteiger partial charge on any atom is 0.429 e. The van der Waals surface area contributed by atoms with Crippen LogP contribution in [-0.2, 0) is 10.7 Å². The van der Waals surface area contributed by atoms with Gasteiger partial charge in [-0.25, -0.2) is 0 Å². The number of benzene rings is 1. The third kappa shape index (κ3) is 3.55. The van der Waals surface area contributed by atoms with Gasteiger partial charge in [0.25, 0.3) is 0 Å². The second-order valence-corrected chi connectivity index (χ2v) is 12.7. The molecule has 0 amide bonds. The number of halogens is 1. The Labute approximate surface area is 190 Å². The number of quaternary nitrogens is 1. The summed E-state index contributed by atoms with van der Waals surface area (Å²) in [5.41, 5.74) is 1.52. The molecule has 3 aliphatic rings. The third-order valence-electron chi connectivity index (χ3n) is 7.34. The van der Waals surface area contributed by atoms with E-state index >= 15 is 0 Å². The Bertz CT molecular complexity index is 849. The number of hydrogen-bond donors (Lipinski definition) is 1. The number of thiophene rings is 2. The fraction of sp³-hybridized carbons (Fsp3) is 0.417. The number of rotatable bonds is 6. The summed E-state index contributed by atoms with van der Waals surface area (Å²) in [5.74, 6) is 0.